The van der Waals surface area contributed by atoms with Crippen molar-refractivity contribution in [3.63, 3.8) is 0 Å². The van der Waals surface area contributed by atoms with Crippen molar-refractivity contribution in [2.75, 3.05) is 6.26 Å². The second-order valence-corrected chi connectivity index (χ2v) is 4.53. The molecule has 0 aliphatic heterocycles. The standard InChI is InChI=1S/C7H7NO4S/c1-13(11,12)5-2-3-7(9)6(4-5)8-10/h2-4,9H,1H3. The average Bonchev–Trinajstić information content (AvgIpc) is 2.03. The van der Waals surface area contributed by atoms with E-state index in [1.54, 1.807) is 0 Å². The first-order valence-electron chi connectivity index (χ1n) is 3.31. The lowest BCUT2D eigenvalue weighted by atomic mass is 10.3. The van der Waals surface area contributed by atoms with Crippen LogP contribution in [0.15, 0.2) is 28.3 Å². The van der Waals surface area contributed by atoms with E-state index in [-0.39, 0.29) is 16.3 Å². The van der Waals surface area contributed by atoms with E-state index in [4.69, 9.17) is 5.11 Å². The summed E-state index contributed by atoms with van der Waals surface area (Å²) in [6.45, 7) is 0. The molecular weight excluding hydrogens is 194 g/mol. The van der Waals surface area contributed by atoms with Gasteiger partial charge in [0.1, 0.15) is 5.75 Å². The summed E-state index contributed by atoms with van der Waals surface area (Å²) < 4.78 is 22.0. The van der Waals surface area contributed by atoms with Crippen LogP contribution in [0.1, 0.15) is 0 Å². The fourth-order valence-corrected chi connectivity index (χ4v) is 1.45. The monoisotopic (exact) mass is 201 g/mol. The van der Waals surface area contributed by atoms with Crippen LogP contribution in [0.25, 0.3) is 0 Å². The quantitative estimate of drug-likeness (QED) is 0.728. The first kappa shape index (κ1) is 9.66. The van der Waals surface area contributed by atoms with Gasteiger partial charge in [-0.1, -0.05) is 0 Å². The molecule has 0 amide bonds. The molecule has 1 N–H and O–H groups in total. The minimum atomic E-state index is -3.36. The number of rotatable bonds is 2. The molecule has 5 nitrogen and oxygen atoms in total. The maximum Gasteiger partial charge on any atom is 0.175 e. The van der Waals surface area contributed by atoms with Gasteiger partial charge in [-0.15, -0.1) is 4.91 Å². The summed E-state index contributed by atoms with van der Waals surface area (Å²) in [5.41, 5.74) is -0.275. The van der Waals surface area contributed by atoms with Crippen LogP contribution in [0.4, 0.5) is 5.69 Å². The van der Waals surface area contributed by atoms with E-state index in [9.17, 15) is 13.3 Å². The van der Waals surface area contributed by atoms with Crippen molar-refractivity contribution in [1.82, 2.24) is 0 Å². The maximum atomic E-state index is 11.0. The highest BCUT2D eigenvalue weighted by Crippen LogP contribution is 2.28. The largest absolute Gasteiger partial charge is 0.506 e. The van der Waals surface area contributed by atoms with Gasteiger partial charge in [0, 0.05) is 6.26 Å². The number of sulfone groups is 1. The van der Waals surface area contributed by atoms with Gasteiger partial charge >= 0.3 is 0 Å². The van der Waals surface area contributed by atoms with E-state index in [0.717, 1.165) is 18.4 Å². The number of phenols is 1. The lowest BCUT2D eigenvalue weighted by Gasteiger charge is -1.99. The molecule has 6 heteroatoms. The van der Waals surface area contributed by atoms with Crippen LogP contribution < -0.4 is 0 Å². The number of nitrogens with zero attached hydrogens (tertiary/aromatic N) is 1. The third-order valence-corrected chi connectivity index (χ3v) is 2.58. The van der Waals surface area contributed by atoms with E-state index in [1.165, 1.54) is 6.07 Å². The zero-order valence-electron chi connectivity index (χ0n) is 6.76. The van der Waals surface area contributed by atoms with Crippen LogP contribution >= 0.6 is 0 Å². The highest BCUT2D eigenvalue weighted by Gasteiger charge is 2.10. The van der Waals surface area contributed by atoms with Crippen LogP contribution in [-0.4, -0.2) is 19.8 Å². The molecule has 70 valence electrons. The van der Waals surface area contributed by atoms with E-state index in [0.29, 0.717) is 0 Å². The minimum absolute atomic E-state index is 0.0418. The molecule has 1 rings (SSSR count). The molecule has 0 spiro atoms. The first-order chi connectivity index (χ1) is 5.95. The van der Waals surface area contributed by atoms with Crippen LogP contribution in [0.3, 0.4) is 0 Å². The Balaban J connectivity index is 3.38. The normalized spacial score (nSPS) is 11.2. The molecule has 0 heterocycles. The molecule has 1 aromatic carbocycles. The number of hydrogen-bond acceptors (Lipinski definition) is 5. The second kappa shape index (κ2) is 3.14. The number of phenolic OH excluding ortho intramolecular Hbond substituents is 1. The Bertz CT molecular complexity index is 438. The van der Waals surface area contributed by atoms with Gasteiger partial charge in [0.05, 0.1) is 4.90 Å². The third-order valence-electron chi connectivity index (χ3n) is 1.47. The van der Waals surface area contributed by atoms with Gasteiger partial charge in [-0.2, -0.15) is 0 Å². The predicted octanol–water partition coefficient (Wildman–Crippen LogP) is 1.19. The Morgan fingerprint density at radius 2 is 2.00 bits per heavy atom. The fraction of sp³-hybridized carbons (Fsp3) is 0.143. The Morgan fingerprint density at radius 1 is 1.38 bits per heavy atom. The number of hydrogen-bond donors (Lipinski definition) is 1. The van der Waals surface area contributed by atoms with Crippen molar-refractivity contribution in [2.45, 2.75) is 4.90 Å². The second-order valence-electron chi connectivity index (χ2n) is 2.51. The highest BCUT2D eigenvalue weighted by molar-refractivity contribution is 7.90. The summed E-state index contributed by atoms with van der Waals surface area (Å²) in [4.78, 5) is 10.1. The van der Waals surface area contributed by atoms with Crippen molar-refractivity contribution >= 4 is 15.5 Å². The van der Waals surface area contributed by atoms with Gasteiger partial charge in [0.2, 0.25) is 0 Å². The number of benzene rings is 1. The smallest absolute Gasteiger partial charge is 0.175 e. The Labute approximate surface area is 74.9 Å². The maximum absolute atomic E-state index is 11.0. The summed E-state index contributed by atoms with van der Waals surface area (Å²) in [6, 6.07) is 3.35. The van der Waals surface area contributed by atoms with Gasteiger partial charge in [-0.25, -0.2) is 8.42 Å². The molecule has 13 heavy (non-hydrogen) atoms. The number of aromatic hydroxyl groups is 1. The van der Waals surface area contributed by atoms with Crippen molar-refractivity contribution < 1.29 is 13.5 Å². The molecule has 0 radical (unpaired) electrons. The van der Waals surface area contributed by atoms with E-state index >= 15 is 0 Å². The SMILES string of the molecule is CS(=O)(=O)c1ccc(O)c(N=O)c1. The van der Waals surface area contributed by atoms with Crippen LogP contribution in [0.2, 0.25) is 0 Å². The van der Waals surface area contributed by atoms with Crippen molar-refractivity contribution in [2.24, 2.45) is 5.18 Å². The average molecular weight is 201 g/mol. The van der Waals surface area contributed by atoms with Gasteiger partial charge in [-0.3, -0.25) is 0 Å². The molecule has 0 aliphatic carbocycles. The topological polar surface area (TPSA) is 83.8 Å². The van der Waals surface area contributed by atoms with Crippen LogP contribution in [0, 0.1) is 4.91 Å². The zero-order chi connectivity index (χ0) is 10.1. The van der Waals surface area contributed by atoms with Crippen molar-refractivity contribution in [1.29, 1.82) is 0 Å². The molecule has 1 aromatic rings. The molecule has 0 fully saturated rings. The van der Waals surface area contributed by atoms with Crippen molar-refractivity contribution in [3.05, 3.63) is 23.1 Å². The lowest BCUT2D eigenvalue weighted by Crippen LogP contribution is -1.95. The highest BCUT2D eigenvalue weighted by atomic mass is 32.2. The van der Waals surface area contributed by atoms with Crippen LogP contribution in [-0.2, 0) is 9.84 Å². The molecule has 0 bridgehead atoms. The summed E-state index contributed by atoms with van der Waals surface area (Å²) in [5.74, 6) is -0.331. The van der Waals surface area contributed by atoms with Gasteiger partial charge in [-0.05, 0) is 23.4 Å². The number of nitroso groups, excluding NO2 is 1. The summed E-state index contributed by atoms with van der Waals surface area (Å²) in [7, 11) is -3.36. The van der Waals surface area contributed by atoms with E-state index in [2.05, 4.69) is 5.18 Å². The zero-order valence-corrected chi connectivity index (χ0v) is 7.58. The van der Waals surface area contributed by atoms with Gasteiger partial charge in [0.25, 0.3) is 0 Å². The molecule has 0 aliphatic rings. The van der Waals surface area contributed by atoms with E-state index in [1.807, 2.05) is 0 Å². The first-order valence-corrected chi connectivity index (χ1v) is 5.20. The Morgan fingerprint density at radius 3 is 2.46 bits per heavy atom. The third kappa shape index (κ3) is 2.03. The molecule has 0 saturated heterocycles. The predicted molar refractivity (Wildman–Crippen MR) is 46.7 cm³/mol. The molecule has 0 aromatic heterocycles. The summed E-state index contributed by atoms with van der Waals surface area (Å²) in [5, 5.41) is 11.5. The van der Waals surface area contributed by atoms with Gasteiger partial charge < -0.3 is 5.11 Å². The molecule has 0 atom stereocenters. The Hall–Kier alpha value is -1.43. The summed E-state index contributed by atoms with van der Waals surface area (Å²) in [6.07, 6.45) is 1.01. The molecule has 0 unspecified atom stereocenters. The minimum Gasteiger partial charge on any atom is -0.506 e. The Kier molecular flexibility index (Phi) is 2.33. The lowest BCUT2D eigenvalue weighted by molar-refractivity contribution is 0.476. The fourth-order valence-electron chi connectivity index (χ4n) is 0.807. The van der Waals surface area contributed by atoms with Gasteiger partial charge in [0.15, 0.2) is 15.5 Å². The van der Waals surface area contributed by atoms with Crippen molar-refractivity contribution in [3.8, 4) is 5.75 Å². The summed E-state index contributed by atoms with van der Waals surface area (Å²) >= 11 is 0. The molecule has 0 saturated carbocycles. The molecular formula is C7H7NO4S. The van der Waals surface area contributed by atoms with E-state index < -0.39 is 9.84 Å². The van der Waals surface area contributed by atoms with Crippen LogP contribution in [0.5, 0.6) is 5.75 Å².